The number of benzene rings is 1. The SMILES string of the molecule is CC(=CCC1CO1)C(=O)O.N#CC=CC=Cc1ccccc1. The fourth-order valence-corrected chi connectivity index (χ4v) is 1.43. The zero-order chi connectivity index (χ0) is 16.2. The first kappa shape index (κ1) is 17.4. The van der Waals surface area contributed by atoms with Crippen LogP contribution < -0.4 is 0 Å². The van der Waals surface area contributed by atoms with E-state index in [1.165, 1.54) is 6.08 Å². The lowest BCUT2D eigenvalue weighted by Gasteiger charge is -1.89. The first-order valence-corrected chi connectivity index (χ1v) is 6.93. The molecule has 0 saturated carbocycles. The fraction of sp³-hybridized carbons (Fsp3) is 0.222. The third-order valence-corrected chi connectivity index (χ3v) is 2.80. The van der Waals surface area contributed by atoms with Gasteiger partial charge in [0.25, 0.3) is 0 Å². The van der Waals surface area contributed by atoms with E-state index in [0.29, 0.717) is 5.57 Å². The van der Waals surface area contributed by atoms with Gasteiger partial charge in [0.15, 0.2) is 0 Å². The van der Waals surface area contributed by atoms with Crippen molar-refractivity contribution in [3.8, 4) is 6.07 Å². The molecule has 1 aliphatic rings. The molecule has 1 N–H and O–H groups in total. The Balaban J connectivity index is 0.000000224. The van der Waals surface area contributed by atoms with Crippen LogP contribution >= 0.6 is 0 Å². The van der Waals surface area contributed by atoms with Crippen molar-refractivity contribution >= 4 is 12.0 Å². The topological polar surface area (TPSA) is 73.6 Å². The number of nitriles is 1. The average Bonchev–Trinajstić information content (AvgIpc) is 3.35. The molecule has 114 valence electrons. The highest BCUT2D eigenvalue weighted by Gasteiger charge is 2.20. The molecule has 0 amide bonds. The maximum absolute atomic E-state index is 10.2. The summed E-state index contributed by atoms with van der Waals surface area (Å²) in [5.74, 6) is -0.847. The molecule has 0 aromatic heterocycles. The van der Waals surface area contributed by atoms with Crippen LogP contribution in [0.3, 0.4) is 0 Å². The van der Waals surface area contributed by atoms with Gasteiger partial charge in [-0.1, -0.05) is 54.6 Å². The monoisotopic (exact) mass is 297 g/mol. The maximum Gasteiger partial charge on any atom is 0.330 e. The Labute approximate surface area is 130 Å². The van der Waals surface area contributed by atoms with Crippen molar-refractivity contribution in [3.05, 3.63) is 65.8 Å². The van der Waals surface area contributed by atoms with Gasteiger partial charge in [0.2, 0.25) is 0 Å². The van der Waals surface area contributed by atoms with Crippen molar-refractivity contribution in [3.63, 3.8) is 0 Å². The Morgan fingerprint density at radius 2 is 2.09 bits per heavy atom. The van der Waals surface area contributed by atoms with E-state index in [1.807, 2.05) is 48.6 Å². The fourth-order valence-electron chi connectivity index (χ4n) is 1.43. The van der Waals surface area contributed by atoms with E-state index in [0.717, 1.165) is 18.6 Å². The zero-order valence-electron chi connectivity index (χ0n) is 12.5. The van der Waals surface area contributed by atoms with Gasteiger partial charge in [0.1, 0.15) is 0 Å². The van der Waals surface area contributed by atoms with E-state index in [9.17, 15) is 4.79 Å². The molecular weight excluding hydrogens is 278 g/mol. The third kappa shape index (κ3) is 8.51. The smallest absolute Gasteiger partial charge is 0.330 e. The lowest BCUT2D eigenvalue weighted by atomic mass is 10.2. The molecule has 4 nitrogen and oxygen atoms in total. The number of rotatable bonds is 5. The lowest BCUT2D eigenvalue weighted by molar-refractivity contribution is -0.132. The van der Waals surface area contributed by atoms with Crippen molar-refractivity contribution in [2.75, 3.05) is 6.61 Å². The van der Waals surface area contributed by atoms with Gasteiger partial charge in [-0.15, -0.1) is 0 Å². The molecule has 0 radical (unpaired) electrons. The Morgan fingerprint density at radius 3 is 2.64 bits per heavy atom. The van der Waals surface area contributed by atoms with Gasteiger partial charge in [-0.25, -0.2) is 4.79 Å². The Morgan fingerprint density at radius 1 is 1.41 bits per heavy atom. The number of carboxylic acids is 1. The molecule has 22 heavy (non-hydrogen) atoms. The molecule has 1 unspecified atom stereocenters. The van der Waals surface area contributed by atoms with Crippen LogP contribution in [0.2, 0.25) is 0 Å². The molecule has 1 aromatic rings. The summed E-state index contributed by atoms with van der Waals surface area (Å²) in [7, 11) is 0. The number of nitrogens with zero attached hydrogens (tertiary/aromatic N) is 1. The Kier molecular flexibility index (Phi) is 8.02. The second-order valence-corrected chi connectivity index (χ2v) is 4.64. The van der Waals surface area contributed by atoms with Crippen LogP contribution in [0, 0.1) is 11.3 Å². The van der Waals surface area contributed by atoms with Crippen LogP contribution in [0.15, 0.2) is 60.2 Å². The van der Waals surface area contributed by atoms with Crippen LogP contribution in [-0.4, -0.2) is 23.8 Å². The number of allylic oxidation sites excluding steroid dienone is 3. The van der Waals surface area contributed by atoms with Gasteiger partial charge in [-0.05, 0) is 18.9 Å². The normalized spacial score (nSPS) is 16.9. The second-order valence-electron chi connectivity index (χ2n) is 4.64. The highest BCUT2D eigenvalue weighted by Crippen LogP contribution is 2.14. The van der Waals surface area contributed by atoms with E-state index >= 15 is 0 Å². The highest BCUT2D eigenvalue weighted by molar-refractivity contribution is 5.85. The first-order valence-electron chi connectivity index (χ1n) is 6.93. The van der Waals surface area contributed by atoms with Crippen LogP contribution in [0.5, 0.6) is 0 Å². The summed E-state index contributed by atoms with van der Waals surface area (Å²) in [4.78, 5) is 10.2. The predicted molar refractivity (Wildman–Crippen MR) is 86.0 cm³/mol. The molecule has 2 rings (SSSR count). The highest BCUT2D eigenvalue weighted by atomic mass is 16.6. The number of epoxide rings is 1. The molecule has 0 aliphatic carbocycles. The van der Waals surface area contributed by atoms with E-state index in [1.54, 1.807) is 19.1 Å². The van der Waals surface area contributed by atoms with E-state index < -0.39 is 5.97 Å². The standard InChI is InChI=1S/C11H9N.C7H10O3/c12-10-6-2-5-9-11-7-3-1-4-8-11;1-5(7(8)9)2-3-6-4-10-6/h1-9H;2,6H,3-4H2,1H3,(H,8,9). The average molecular weight is 297 g/mol. The van der Waals surface area contributed by atoms with E-state index in [4.69, 9.17) is 15.1 Å². The van der Waals surface area contributed by atoms with Gasteiger partial charge in [0.05, 0.1) is 18.8 Å². The van der Waals surface area contributed by atoms with Crippen LogP contribution in [0.4, 0.5) is 0 Å². The summed E-state index contributed by atoms with van der Waals surface area (Å²) < 4.78 is 4.90. The van der Waals surface area contributed by atoms with Gasteiger partial charge < -0.3 is 9.84 Å². The van der Waals surface area contributed by atoms with Crippen molar-refractivity contribution in [1.29, 1.82) is 5.26 Å². The second kappa shape index (κ2) is 10.1. The molecule has 1 heterocycles. The number of aliphatic carboxylic acids is 1. The molecular formula is C18H19NO3. The molecule has 4 heteroatoms. The van der Waals surface area contributed by atoms with Gasteiger partial charge in [-0.2, -0.15) is 5.26 Å². The summed E-state index contributed by atoms with van der Waals surface area (Å²) >= 11 is 0. The summed E-state index contributed by atoms with van der Waals surface area (Å²) in [6, 6.07) is 11.9. The third-order valence-electron chi connectivity index (χ3n) is 2.80. The van der Waals surface area contributed by atoms with Crippen LogP contribution in [0.25, 0.3) is 6.08 Å². The number of carboxylic acid groups (broad SMARTS) is 1. The van der Waals surface area contributed by atoms with E-state index in [2.05, 4.69) is 0 Å². The van der Waals surface area contributed by atoms with Gasteiger partial charge >= 0.3 is 5.97 Å². The molecule has 0 spiro atoms. The summed E-state index contributed by atoms with van der Waals surface area (Å²) in [5.41, 5.74) is 1.54. The molecule has 1 saturated heterocycles. The van der Waals surface area contributed by atoms with Gasteiger partial charge in [-0.3, -0.25) is 0 Å². The van der Waals surface area contributed by atoms with Crippen LogP contribution in [0.1, 0.15) is 18.9 Å². The van der Waals surface area contributed by atoms with Crippen molar-refractivity contribution in [1.82, 2.24) is 0 Å². The lowest BCUT2D eigenvalue weighted by Crippen LogP contribution is -1.96. The Hall–Kier alpha value is -2.64. The number of ether oxygens (including phenoxy) is 1. The minimum atomic E-state index is -0.847. The van der Waals surface area contributed by atoms with Crippen LogP contribution in [-0.2, 0) is 9.53 Å². The largest absolute Gasteiger partial charge is 0.478 e. The van der Waals surface area contributed by atoms with Crippen molar-refractivity contribution in [2.45, 2.75) is 19.4 Å². The minimum Gasteiger partial charge on any atom is -0.478 e. The molecule has 0 bridgehead atoms. The Bertz CT molecular complexity index is 591. The predicted octanol–water partition coefficient (Wildman–Crippen LogP) is 3.59. The zero-order valence-corrected chi connectivity index (χ0v) is 12.5. The summed E-state index contributed by atoms with van der Waals surface area (Å²) in [6.45, 7) is 2.37. The van der Waals surface area contributed by atoms with E-state index in [-0.39, 0.29) is 6.10 Å². The number of hydrogen-bond acceptors (Lipinski definition) is 3. The maximum atomic E-state index is 10.2. The number of carbonyl (C=O) groups is 1. The van der Waals surface area contributed by atoms with Crippen molar-refractivity contribution < 1.29 is 14.6 Å². The molecule has 1 fully saturated rings. The summed E-state index contributed by atoms with van der Waals surface area (Å²) in [6.07, 6.45) is 9.67. The quantitative estimate of drug-likeness (QED) is 0.390. The minimum absolute atomic E-state index is 0.286. The van der Waals surface area contributed by atoms with Crippen molar-refractivity contribution in [2.24, 2.45) is 0 Å². The van der Waals surface area contributed by atoms with Gasteiger partial charge in [0, 0.05) is 11.6 Å². The molecule has 1 aromatic carbocycles. The number of hydrogen-bond donors (Lipinski definition) is 1. The molecule has 1 atom stereocenters. The molecule has 1 aliphatic heterocycles. The first-order chi connectivity index (χ1) is 10.6. The summed E-state index contributed by atoms with van der Waals surface area (Å²) in [5, 5.41) is 16.6.